The minimum absolute atomic E-state index is 0.0486. The molecule has 3 N–H and O–H groups in total. The number of aryl methyl sites for hydroxylation is 1. The Morgan fingerprint density at radius 1 is 1.33 bits per heavy atom. The van der Waals surface area contributed by atoms with Crippen LogP contribution < -0.4 is 10.5 Å². The maximum absolute atomic E-state index is 12.5. The second-order valence-electron chi connectivity index (χ2n) is 6.24. The van der Waals surface area contributed by atoms with Gasteiger partial charge in [0.05, 0.1) is 4.90 Å². The van der Waals surface area contributed by atoms with Gasteiger partial charge in [-0.1, -0.05) is 13.8 Å². The van der Waals surface area contributed by atoms with Crippen molar-refractivity contribution in [2.45, 2.75) is 64.1 Å². The van der Waals surface area contributed by atoms with Gasteiger partial charge in [0.25, 0.3) is 0 Å². The third-order valence-corrected chi connectivity index (χ3v) is 6.23. The topological polar surface area (TPSA) is 77.1 Å². The maximum Gasteiger partial charge on any atom is 0.242 e. The van der Waals surface area contributed by atoms with Crippen LogP contribution >= 0.6 is 0 Å². The highest BCUT2D eigenvalue weighted by atomic mass is 32.2. The zero-order valence-electron chi connectivity index (χ0n) is 13.2. The summed E-state index contributed by atoms with van der Waals surface area (Å²) in [5, 5.41) is 0. The van der Waals surface area contributed by atoms with Crippen molar-refractivity contribution < 1.29 is 8.42 Å². The molecule has 1 fully saturated rings. The average molecular weight is 313 g/mol. The quantitative estimate of drug-likeness (QED) is 0.873. The molecule has 0 aliphatic heterocycles. The molecule has 0 saturated heterocycles. The van der Waals surface area contributed by atoms with Crippen molar-refractivity contribution in [3.8, 4) is 0 Å². The Labute approximate surface area is 128 Å². The molecule has 1 heterocycles. The molecule has 0 aromatic carbocycles. The Hall–Kier alpha value is -0.850. The van der Waals surface area contributed by atoms with Crippen molar-refractivity contribution in [3.63, 3.8) is 0 Å². The fourth-order valence-corrected chi connectivity index (χ4v) is 4.43. The second-order valence-corrected chi connectivity index (χ2v) is 7.96. The van der Waals surface area contributed by atoms with E-state index in [1.54, 1.807) is 12.3 Å². The van der Waals surface area contributed by atoms with Crippen LogP contribution in [0.4, 0.5) is 0 Å². The summed E-state index contributed by atoms with van der Waals surface area (Å²) in [5.41, 5.74) is 6.51. The van der Waals surface area contributed by atoms with Crippen molar-refractivity contribution in [1.29, 1.82) is 0 Å². The molecule has 1 aliphatic rings. The van der Waals surface area contributed by atoms with Gasteiger partial charge in [-0.25, -0.2) is 13.1 Å². The van der Waals surface area contributed by atoms with Crippen molar-refractivity contribution >= 4 is 10.0 Å². The first kappa shape index (κ1) is 16.5. The van der Waals surface area contributed by atoms with Crippen molar-refractivity contribution in [1.82, 2.24) is 9.29 Å². The number of nitrogens with zero attached hydrogens (tertiary/aromatic N) is 1. The van der Waals surface area contributed by atoms with Gasteiger partial charge in [-0.3, -0.25) is 0 Å². The average Bonchev–Trinajstić information content (AvgIpc) is 2.86. The number of hydrogen-bond acceptors (Lipinski definition) is 3. The predicted molar refractivity (Wildman–Crippen MR) is 84.3 cm³/mol. The van der Waals surface area contributed by atoms with Crippen LogP contribution in [0.15, 0.2) is 17.2 Å². The summed E-state index contributed by atoms with van der Waals surface area (Å²) in [6.45, 7) is 7.49. The van der Waals surface area contributed by atoms with E-state index in [4.69, 9.17) is 5.73 Å². The summed E-state index contributed by atoms with van der Waals surface area (Å²) >= 11 is 0. The Bertz CT molecular complexity index is 558. The number of nitrogens with one attached hydrogen (secondary N) is 1. The summed E-state index contributed by atoms with van der Waals surface area (Å²) in [4.78, 5) is 0.330. The molecule has 5 nitrogen and oxygen atoms in total. The number of hydrogen-bond donors (Lipinski definition) is 2. The van der Waals surface area contributed by atoms with E-state index in [1.165, 1.54) is 0 Å². The molecule has 1 aromatic rings. The Balaban J connectivity index is 2.13. The molecule has 120 valence electrons. The molecule has 1 aliphatic carbocycles. The van der Waals surface area contributed by atoms with E-state index in [0.717, 1.165) is 31.5 Å². The number of rotatable bonds is 5. The SMILES string of the molecule is CCn1cc(S(=O)(=O)NC2CCC(C)C(C)C2)cc1CN. The van der Waals surface area contributed by atoms with Crippen LogP contribution in [-0.2, 0) is 23.1 Å². The molecule has 0 amide bonds. The Morgan fingerprint density at radius 2 is 2.05 bits per heavy atom. The largest absolute Gasteiger partial charge is 0.349 e. The van der Waals surface area contributed by atoms with Gasteiger partial charge in [-0.05, 0) is 44.1 Å². The van der Waals surface area contributed by atoms with Gasteiger partial charge in [0.2, 0.25) is 10.0 Å². The summed E-state index contributed by atoms with van der Waals surface area (Å²) in [7, 11) is -3.45. The lowest BCUT2D eigenvalue weighted by atomic mass is 9.79. The molecule has 0 spiro atoms. The summed E-state index contributed by atoms with van der Waals surface area (Å²) in [5.74, 6) is 1.24. The number of aromatic nitrogens is 1. The lowest BCUT2D eigenvalue weighted by Crippen LogP contribution is -2.39. The third-order valence-electron chi connectivity index (χ3n) is 4.74. The van der Waals surface area contributed by atoms with Crippen LogP contribution in [0.3, 0.4) is 0 Å². The molecule has 3 unspecified atom stereocenters. The highest BCUT2D eigenvalue weighted by Gasteiger charge is 2.28. The summed E-state index contributed by atoms with van der Waals surface area (Å²) in [6.07, 6.45) is 4.60. The summed E-state index contributed by atoms with van der Waals surface area (Å²) < 4.78 is 29.8. The Morgan fingerprint density at radius 3 is 2.57 bits per heavy atom. The lowest BCUT2D eigenvalue weighted by Gasteiger charge is -2.32. The maximum atomic E-state index is 12.5. The van der Waals surface area contributed by atoms with Crippen LogP contribution in [0.2, 0.25) is 0 Å². The molecular weight excluding hydrogens is 286 g/mol. The predicted octanol–water partition coefficient (Wildman–Crippen LogP) is 2.07. The molecule has 0 radical (unpaired) electrons. The van der Waals surface area contributed by atoms with Crippen LogP contribution in [0.25, 0.3) is 0 Å². The van der Waals surface area contributed by atoms with E-state index in [0.29, 0.717) is 23.3 Å². The Kier molecular flexibility index (Phi) is 5.11. The van der Waals surface area contributed by atoms with Crippen molar-refractivity contribution in [2.24, 2.45) is 17.6 Å². The van der Waals surface area contributed by atoms with Crippen LogP contribution in [0.1, 0.15) is 45.7 Å². The van der Waals surface area contributed by atoms with Gasteiger partial charge in [0.15, 0.2) is 0 Å². The minimum Gasteiger partial charge on any atom is -0.349 e. The molecule has 0 bridgehead atoms. The van der Waals surface area contributed by atoms with Gasteiger partial charge in [-0.15, -0.1) is 0 Å². The normalized spacial score (nSPS) is 27.0. The second kappa shape index (κ2) is 6.50. The van der Waals surface area contributed by atoms with Crippen molar-refractivity contribution in [3.05, 3.63) is 18.0 Å². The smallest absolute Gasteiger partial charge is 0.242 e. The fourth-order valence-electron chi connectivity index (χ4n) is 3.08. The molecule has 21 heavy (non-hydrogen) atoms. The minimum atomic E-state index is -3.45. The van der Waals surface area contributed by atoms with E-state index < -0.39 is 10.0 Å². The van der Waals surface area contributed by atoms with E-state index >= 15 is 0 Å². The van der Waals surface area contributed by atoms with E-state index in [1.807, 2.05) is 11.5 Å². The van der Waals surface area contributed by atoms with Crippen LogP contribution in [0.5, 0.6) is 0 Å². The first-order chi connectivity index (χ1) is 9.87. The van der Waals surface area contributed by atoms with E-state index in [-0.39, 0.29) is 6.04 Å². The number of sulfonamides is 1. The monoisotopic (exact) mass is 313 g/mol. The standard InChI is InChI=1S/C15H27N3O2S/c1-4-18-10-15(8-14(18)9-16)21(19,20)17-13-6-5-11(2)12(3)7-13/h8,10-13,17H,4-7,9,16H2,1-3H3. The lowest BCUT2D eigenvalue weighted by molar-refractivity contribution is 0.242. The summed E-state index contributed by atoms with van der Waals surface area (Å²) in [6, 6.07) is 1.73. The highest BCUT2D eigenvalue weighted by molar-refractivity contribution is 7.89. The highest BCUT2D eigenvalue weighted by Crippen LogP contribution is 2.30. The molecule has 6 heteroatoms. The zero-order chi connectivity index (χ0) is 15.6. The molecule has 2 rings (SSSR count). The molecule has 1 aromatic heterocycles. The van der Waals surface area contributed by atoms with Crippen LogP contribution in [-0.4, -0.2) is 19.0 Å². The third kappa shape index (κ3) is 3.67. The fraction of sp³-hybridized carbons (Fsp3) is 0.733. The first-order valence-corrected chi connectivity index (χ1v) is 9.27. The molecular formula is C15H27N3O2S. The molecule has 3 atom stereocenters. The van der Waals surface area contributed by atoms with Crippen molar-refractivity contribution in [2.75, 3.05) is 0 Å². The van der Waals surface area contributed by atoms with E-state index in [9.17, 15) is 8.42 Å². The van der Waals surface area contributed by atoms with Gasteiger partial charge >= 0.3 is 0 Å². The van der Waals surface area contributed by atoms with E-state index in [2.05, 4.69) is 18.6 Å². The van der Waals surface area contributed by atoms with Gasteiger partial charge in [-0.2, -0.15) is 0 Å². The number of nitrogens with two attached hydrogens (primary N) is 1. The first-order valence-electron chi connectivity index (χ1n) is 7.78. The van der Waals surface area contributed by atoms with Gasteiger partial charge in [0.1, 0.15) is 0 Å². The zero-order valence-corrected chi connectivity index (χ0v) is 14.0. The van der Waals surface area contributed by atoms with Gasteiger partial charge in [0, 0.05) is 31.0 Å². The van der Waals surface area contributed by atoms with Gasteiger partial charge < -0.3 is 10.3 Å². The van der Waals surface area contributed by atoms with Crippen LogP contribution in [0, 0.1) is 11.8 Å². The molecule has 1 saturated carbocycles.